The molecule has 0 spiro atoms. The van der Waals surface area contributed by atoms with Crippen molar-refractivity contribution in [2.45, 2.75) is 13.0 Å². The van der Waals surface area contributed by atoms with Crippen molar-refractivity contribution >= 4 is 23.3 Å². The summed E-state index contributed by atoms with van der Waals surface area (Å²) in [6.45, 7) is 1.39. The zero-order chi connectivity index (χ0) is 18.4. The van der Waals surface area contributed by atoms with Crippen molar-refractivity contribution in [3.05, 3.63) is 58.4 Å². The van der Waals surface area contributed by atoms with Crippen LogP contribution in [0, 0.1) is 10.1 Å². The Labute approximate surface area is 142 Å². The first-order valence-corrected chi connectivity index (χ1v) is 7.16. The summed E-state index contributed by atoms with van der Waals surface area (Å²) in [5.41, 5.74) is 0.147. The Kier molecular flexibility index (Phi) is 5.62. The molecule has 0 fully saturated rings. The molecule has 2 rings (SSSR count). The molecule has 9 heteroatoms. The highest BCUT2D eigenvalue weighted by Crippen LogP contribution is 2.29. The van der Waals surface area contributed by atoms with Crippen LogP contribution >= 0.6 is 0 Å². The number of nitro benzene ring substituents is 1. The van der Waals surface area contributed by atoms with Crippen LogP contribution in [0.2, 0.25) is 0 Å². The normalized spacial score (nSPS) is 11.3. The van der Waals surface area contributed by atoms with E-state index in [0.29, 0.717) is 0 Å². The molecule has 130 valence electrons. The molecule has 0 bridgehead atoms. The largest absolute Gasteiger partial charge is 0.495 e. The van der Waals surface area contributed by atoms with Gasteiger partial charge < -0.3 is 14.8 Å². The van der Waals surface area contributed by atoms with Gasteiger partial charge in [-0.2, -0.15) is 0 Å². The average Bonchev–Trinajstić information content (AvgIpc) is 2.62. The molecular formula is C16H15N3O6. The number of nitrogens with zero attached hydrogens (tertiary/aromatic N) is 2. The van der Waals surface area contributed by atoms with E-state index >= 15 is 0 Å². The molecule has 9 nitrogen and oxygen atoms in total. The standard InChI is InChI=1S/C16H15N3O6/c1-10(25-16(21)11-5-7-17-8-6-11)15(20)18-13-9-12(19(22)23)3-4-14(13)24-2/h3-10H,1-2H3,(H,18,20)/t10-/m0/s1. The number of amides is 1. The van der Waals surface area contributed by atoms with Gasteiger partial charge in [-0.15, -0.1) is 0 Å². The number of aromatic nitrogens is 1. The molecule has 1 aromatic heterocycles. The van der Waals surface area contributed by atoms with Crippen LogP contribution in [0.1, 0.15) is 17.3 Å². The van der Waals surface area contributed by atoms with Crippen LogP contribution in [-0.4, -0.2) is 35.0 Å². The Morgan fingerprint density at radius 2 is 1.92 bits per heavy atom. The number of benzene rings is 1. The Morgan fingerprint density at radius 1 is 1.24 bits per heavy atom. The molecule has 25 heavy (non-hydrogen) atoms. The highest BCUT2D eigenvalue weighted by atomic mass is 16.6. The zero-order valence-electron chi connectivity index (χ0n) is 13.5. The van der Waals surface area contributed by atoms with Crippen LogP contribution in [0.5, 0.6) is 5.75 Å². The molecule has 1 atom stereocenters. The number of methoxy groups -OCH3 is 1. The van der Waals surface area contributed by atoms with E-state index < -0.39 is 22.9 Å². The second-order valence-corrected chi connectivity index (χ2v) is 4.91. The number of anilines is 1. The van der Waals surface area contributed by atoms with Gasteiger partial charge in [0.25, 0.3) is 11.6 Å². The minimum Gasteiger partial charge on any atom is -0.495 e. The molecule has 1 amide bonds. The second-order valence-electron chi connectivity index (χ2n) is 4.91. The number of nitrogens with one attached hydrogen (secondary N) is 1. The molecule has 1 aromatic carbocycles. The third-order valence-electron chi connectivity index (χ3n) is 3.22. The van der Waals surface area contributed by atoms with Crippen LogP contribution in [0.25, 0.3) is 0 Å². The molecule has 2 aromatic rings. The number of pyridine rings is 1. The molecule has 0 aliphatic carbocycles. The van der Waals surface area contributed by atoms with Crippen molar-refractivity contribution in [3.8, 4) is 5.75 Å². The van der Waals surface area contributed by atoms with Crippen molar-refractivity contribution in [3.63, 3.8) is 0 Å². The molecule has 0 saturated heterocycles. The topological polar surface area (TPSA) is 121 Å². The maximum absolute atomic E-state index is 12.2. The van der Waals surface area contributed by atoms with Gasteiger partial charge in [-0.05, 0) is 25.1 Å². The summed E-state index contributed by atoms with van der Waals surface area (Å²) in [5.74, 6) is -1.09. The summed E-state index contributed by atoms with van der Waals surface area (Å²) in [5, 5.41) is 13.3. The second kappa shape index (κ2) is 7.86. The maximum Gasteiger partial charge on any atom is 0.339 e. The van der Waals surface area contributed by atoms with Crippen molar-refractivity contribution in [2.24, 2.45) is 0 Å². The Bertz CT molecular complexity index is 794. The quantitative estimate of drug-likeness (QED) is 0.484. The predicted octanol–water partition coefficient (Wildman–Crippen LogP) is 2.18. The summed E-state index contributed by atoms with van der Waals surface area (Å²) in [6, 6.07) is 6.68. The summed E-state index contributed by atoms with van der Waals surface area (Å²) >= 11 is 0. The lowest BCUT2D eigenvalue weighted by Gasteiger charge is -2.15. The van der Waals surface area contributed by atoms with Gasteiger partial charge in [0.1, 0.15) is 5.75 Å². The number of carbonyl (C=O) groups excluding carboxylic acids is 2. The molecular weight excluding hydrogens is 330 g/mol. The number of hydrogen-bond acceptors (Lipinski definition) is 7. The van der Waals surface area contributed by atoms with E-state index in [1.807, 2.05) is 0 Å². The third kappa shape index (κ3) is 4.50. The summed E-state index contributed by atoms with van der Waals surface area (Å²) in [7, 11) is 1.36. The minimum absolute atomic E-state index is 0.105. The van der Waals surface area contributed by atoms with Crippen LogP contribution in [0.4, 0.5) is 11.4 Å². The lowest BCUT2D eigenvalue weighted by atomic mass is 10.2. The summed E-state index contributed by atoms with van der Waals surface area (Å²) in [6.07, 6.45) is 1.73. The SMILES string of the molecule is COc1ccc([N+](=O)[O-])cc1NC(=O)[C@H](C)OC(=O)c1ccncc1. The Balaban J connectivity index is 2.09. The number of rotatable bonds is 6. The van der Waals surface area contributed by atoms with Crippen LogP contribution in [0.3, 0.4) is 0 Å². The molecule has 1 N–H and O–H groups in total. The predicted molar refractivity (Wildman–Crippen MR) is 87.4 cm³/mol. The van der Waals surface area contributed by atoms with Gasteiger partial charge >= 0.3 is 5.97 Å². The fourth-order valence-electron chi connectivity index (χ4n) is 1.91. The summed E-state index contributed by atoms with van der Waals surface area (Å²) < 4.78 is 10.1. The summed E-state index contributed by atoms with van der Waals surface area (Å²) in [4.78, 5) is 38.2. The maximum atomic E-state index is 12.2. The van der Waals surface area contributed by atoms with Crippen LogP contribution < -0.4 is 10.1 Å². The van der Waals surface area contributed by atoms with E-state index in [2.05, 4.69) is 10.3 Å². The first-order valence-electron chi connectivity index (χ1n) is 7.16. The first-order chi connectivity index (χ1) is 11.9. The number of ether oxygens (including phenoxy) is 2. The zero-order valence-corrected chi connectivity index (χ0v) is 13.5. The van der Waals surface area contributed by atoms with Gasteiger partial charge in [0.2, 0.25) is 0 Å². The van der Waals surface area contributed by atoms with Gasteiger partial charge in [0.15, 0.2) is 6.10 Å². The number of carbonyl (C=O) groups is 2. The number of non-ortho nitro benzene ring substituents is 1. The fraction of sp³-hybridized carbons (Fsp3) is 0.188. The highest BCUT2D eigenvalue weighted by Gasteiger charge is 2.21. The van der Waals surface area contributed by atoms with E-state index in [-0.39, 0.29) is 22.7 Å². The minimum atomic E-state index is -1.12. The van der Waals surface area contributed by atoms with Crippen molar-refractivity contribution in [1.82, 2.24) is 4.98 Å². The highest BCUT2D eigenvalue weighted by molar-refractivity contribution is 5.98. The average molecular weight is 345 g/mol. The van der Waals surface area contributed by atoms with E-state index in [1.165, 1.54) is 50.7 Å². The van der Waals surface area contributed by atoms with E-state index in [9.17, 15) is 19.7 Å². The van der Waals surface area contributed by atoms with Gasteiger partial charge in [-0.3, -0.25) is 19.9 Å². The van der Waals surface area contributed by atoms with Gasteiger partial charge in [0, 0.05) is 24.5 Å². The van der Waals surface area contributed by atoms with Crippen molar-refractivity contribution < 1.29 is 24.0 Å². The van der Waals surface area contributed by atoms with E-state index in [4.69, 9.17) is 9.47 Å². The monoisotopic (exact) mass is 345 g/mol. The Hall–Kier alpha value is -3.49. The Morgan fingerprint density at radius 3 is 2.52 bits per heavy atom. The molecule has 0 unspecified atom stereocenters. The molecule has 0 radical (unpaired) electrons. The van der Waals surface area contributed by atoms with Crippen molar-refractivity contribution in [2.75, 3.05) is 12.4 Å². The smallest absolute Gasteiger partial charge is 0.339 e. The van der Waals surface area contributed by atoms with E-state index in [0.717, 1.165) is 6.07 Å². The lowest BCUT2D eigenvalue weighted by Crippen LogP contribution is -2.30. The third-order valence-corrected chi connectivity index (χ3v) is 3.22. The van der Waals surface area contributed by atoms with Crippen molar-refractivity contribution in [1.29, 1.82) is 0 Å². The molecule has 0 aliphatic rings. The van der Waals surface area contributed by atoms with Gasteiger partial charge in [0.05, 0.1) is 23.3 Å². The number of nitro groups is 1. The first kappa shape index (κ1) is 17.9. The fourth-order valence-corrected chi connectivity index (χ4v) is 1.91. The number of esters is 1. The lowest BCUT2D eigenvalue weighted by molar-refractivity contribution is -0.384. The molecule has 1 heterocycles. The van der Waals surface area contributed by atoms with Gasteiger partial charge in [-0.25, -0.2) is 4.79 Å². The molecule has 0 saturated carbocycles. The van der Waals surface area contributed by atoms with Crippen LogP contribution in [0.15, 0.2) is 42.7 Å². The van der Waals surface area contributed by atoms with E-state index in [1.54, 1.807) is 0 Å². The van der Waals surface area contributed by atoms with Gasteiger partial charge in [-0.1, -0.05) is 0 Å². The number of hydrogen-bond donors (Lipinski definition) is 1. The molecule has 0 aliphatic heterocycles. The van der Waals surface area contributed by atoms with Crippen LogP contribution in [-0.2, 0) is 9.53 Å².